The molecule has 0 atom stereocenters. The predicted octanol–water partition coefficient (Wildman–Crippen LogP) is 3.56. The van der Waals surface area contributed by atoms with E-state index in [9.17, 15) is 9.18 Å². The van der Waals surface area contributed by atoms with Crippen LogP contribution in [-0.2, 0) is 4.79 Å². The second-order valence-corrected chi connectivity index (χ2v) is 6.57. The van der Waals surface area contributed by atoms with E-state index in [1.54, 1.807) is 11.6 Å². The van der Waals surface area contributed by atoms with E-state index >= 15 is 0 Å². The molecule has 19 heavy (non-hydrogen) atoms. The van der Waals surface area contributed by atoms with E-state index in [0.29, 0.717) is 16.6 Å². The van der Waals surface area contributed by atoms with Gasteiger partial charge in [-0.1, -0.05) is 39.0 Å². The molecular weight excluding hydrogens is 353 g/mol. The summed E-state index contributed by atoms with van der Waals surface area (Å²) in [5.74, 6) is -0.100. The van der Waals surface area contributed by atoms with Crippen LogP contribution in [0.5, 0.6) is 0 Å². The van der Waals surface area contributed by atoms with Crippen molar-refractivity contribution in [1.82, 2.24) is 10.2 Å². The van der Waals surface area contributed by atoms with Gasteiger partial charge in [-0.2, -0.15) is 0 Å². The Bertz CT molecular complexity index is 565. The van der Waals surface area contributed by atoms with Gasteiger partial charge < -0.3 is 5.32 Å². The number of hydrogen-bond acceptors (Lipinski definition) is 5. The second kappa shape index (κ2) is 6.97. The SMILES string of the molecule is O=C(CCSc1nncs1)Nc1ccc(Br)cc1F. The van der Waals surface area contributed by atoms with E-state index in [2.05, 4.69) is 31.4 Å². The fourth-order valence-corrected chi connectivity index (χ4v) is 3.09. The molecule has 1 aromatic carbocycles. The molecule has 0 bridgehead atoms. The van der Waals surface area contributed by atoms with Crippen LogP contribution in [0.3, 0.4) is 0 Å². The molecule has 0 unspecified atom stereocenters. The molecule has 0 aliphatic heterocycles. The van der Waals surface area contributed by atoms with E-state index in [0.717, 1.165) is 4.34 Å². The van der Waals surface area contributed by atoms with Crippen LogP contribution in [-0.4, -0.2) is 21.9 Å². The first-order valence-corrected chi connectivity index (χ1v) is 7.95. The molecule has 0 spiro atoms. The predicted molar refractivity (Wildman–Crippen MR) is 78.0 cm³/mol. The van der Waals surface area contributed by atoms with Crippen molar-refractivity contribution in [3.63, 3.8) is 0 Å². The lowest BCUT2D eigenvalue weighted by Crippen LogP contribution is -2.13. The summed E-state index contributed by atoms with van der Waals surface area (Å²) in [5, 5.41) is 10.1. The van der Waals surface area contributed by atoms with Gasteiger partial charge in [0, 0.05) is 16.6 Å². The van der Waals surface area contributed by atoms with Gasteiger partial charge in [0.1, 0.15) is 11.3 Å². The monoisotopic (exact) mass is 361 g/mol. The molecule has 0 saturated heterocycles. The largest absolute Gasteiger partial charge is 0.324 e. The molecule has 0 radical (unpaired) electrons. The molecule has 1 N–H and O–H groups in total. The molecule has 0 aliphatic carbocycles. The molecule has 1 amide bonds. The quantitative estimate of drug-likeness (QED) is 0.827. The lowest BCUT2D eigenvalue weighted by molar-refractivity contribution is -0.115. The minimum absolute atomic E-state index is 0.189. The molecule has 8 heteroatoms. The number of hydrogen-bond donors (Lipinski definition) is 1. The standard InChI is InChI=1S/C11H9BrFN3OS2/c12-7-1-2-9(8(13)5-7)15-10(17)3-4-18-11-16-14-6-19-11/h1-2,5-6H,3-4H2,(H,15,17). The molecule has 0 saturated carbocycles. The molecule has 4 nitrogen and oxygen atoms in total. The Balaban J connectivity index is 1.80. The zero-order chi connectivity index (χ0) is 13.7. The second-order valence-electron chi connectivity index (χ2n) is 3.48. The summed E-state index contributed by atoms with van der Waals surface area (Å²) < 4.78 is 14.9. The fourth-order valence-electron chi connectivity index (χ4n) is 1.26. The number of anilines is 1. The van der Waals surface area contributed by atoms with Crippen LogP contribution in [0.1, 0.15) is 6.42 Å². The zero-order valence-electron chi connectivity index (χ0n) is 9.60. The number of thioether (sulfide) groups is 1. The Morgan fingerprint density at radius 2 is 2.37 bits per heavy atom. The average molecular weight is 362 g/mol. The van der Waals surface area contributed by atoms with Crippen molar-refractivity contribution in [2.45, 2.75) is 10.8 Å². The average Bonchev–Trinajstić information content (AvgIpc) is 2.86. The highest BCUT2D eigenvalue weighted by Crippen LogP contribution is 2.21. The van der Waals surface area contributed by atoms with Gasteiger partial charge in [0.2, 0.25) is 5.91 Å². The Morgan fingerprint density at radius 3 is 3.05 bits per heavy atom. The summed E-state index contributed by atoms with van der Waals surface area (Å²) >= 11 is 6.04. The maximum absolute atomic E-state index is 13.5. The van der Waals surface area contributed by atoms with E-state index in [4.69, 9.17) is 0 Å². The maximum atomic E-state index is 13.5. The van der Waals surface area contributed by atoms with E-state index in [1.165, 1.54) is 35.2 Å². The highest BCUT2D eigenvalue weighted by Gasteiger charge is 2.08. The third-order valence-electron chi connectivity index (χ3n) is 2.10. The lowest BCUT2D eigenvalue weighted by atomic mass is 10.3. The van der Waals surface area contributed by atoms with Crippen molar-refractivity contribution >= 4 is 50.6 Å². The number of aromatic nitrogens is 2. The van der Waals surface area contributed by atoms with Crippen LogP contribution < -0.4 is 5.32 Å². The van der Waals surface area contributed by atoms with E-state index in [-0.39, 0.29) is 11.6 Å². The summed E-state index contributed by atoms with van der Waals surface area (Å²) in [7, 11) is 0. The summed E-state index contributed by atoms with van der Waals surface area (Å²) in [6, 6.07) is 4.51. The van der Waals surface area contributed by atoms with Gasteiger partial charge >= 0.3 is 0 Å². The van der Waals surface area contributed by atoms with Crippen molar-refractivity contribution in [3.05, 3.63) is 34.0 Å². The van der Waals surface area contributed by atoms with Gasteiger partial charge in [0.25, 0.3) is 0 Å². The Labute approximate surface area is 125 Å². The first-order valence-electron chi connectivity index (χ1n) is 5.29. The molecular formula is C11H9BrFN3OS2. The van der Waals surface area contributed by atoms with Crippen molar-refractivity contribution in [1.29, 1.82) is 0 Å². The molecule has 2 rings (SSSR count). The number of nitrogens with zero attached hydrogens (tertiary/aromatic N) is 2. The van der Waals surface area contributed by atoms with Crippen LogP contribution in [0, 0.1) is 5.82 Å². The summed E-state index contributed by atoms with van der Waals surface area (Å²) in [6.07, 6.45) is 0.291. The lowest BCUT2D eigenvalue weighted by Gasteiger charge is -2.06. The Hall–Kier alpha value is -0.990. The van der Waals surface area contributed by atoms with Crippen molar-refractivity contribution in [2.75, 3.05) is 11.1 Å². The highest BCUT2D eigenvalue weighted by molar-refractivity contribution is 9.10. The molecule has 1 aromatic heterocycles. The molecule has 100 valence electrons. The van der Waals surface area contributed by atoms with Gasteiger partial charge in [-0.3, -0.25) is 4.79 Å². The number of carbonyl (C=O) groups is 1. The molecule has 0 aliphatic rings. The number of carbonyl (C=O) groups excluding carboxylic acids is 1. The van der Waals surface area contributed by atoms with Crippen LogP contribution >= 0.6 is 39.0 Å². The first-order chi connectivity index (χ1) is 9.15. The van der Waals surface area contributed by atoms with E-state index in [1.807, 2.05) is 0 Å². The topological polar surface area (TPSA) is 54.9 Å². The van der Waals surface area contributed by atoms with Crippen LogP contribution in [0.25, 0.3) is 0 Å². The Kier molecular flexibility index (Phi) is 5.29. The maximum Gasteiger partial charge on any atom is 0.225 e. The van der Waals surface area contributed by atoms with E-state index < -0.39 is 5.82 Å². The van der Waals surface area contributed by atoms with Crippen molar-refractivity contribution in [3.8, 4) is 0 Å². The van der Waals surface area contributed by atoms with Gasteiger partial charge in [-0.25, -0.2) is 4.39 Å². The third kappa shape index (κ3) is 4.55. The Morgan fingerprint density at radius 1 is 1.53 bits per heavy atom. The number of nitrogens with one attached hydrogen (secondary N) is 1. The smallest absolute Gasteiger partial charge is 0.225 e. The van der Waals surface area contributed by atoms with Crippen LogP contribution in [0.4, 0.5) is 10.1 Å². The molecule has 0 fully saturated rings. The van der Waals surface area contributed by atoms with Crippen LogP contribution in [0.15, 0.2) is 32.5 Å². The van der Waals surface area contributed by atoms with Crippen molar-refractivity contribution in [2.24, 2.45) is 0 Å². The number of benzene rings is 1. The third-order valence-corrected chi connectivity index (χ3v) is 4.46. The van der Waals surface area contributed by atoms with Gasteiger partial charge in [-0.05, 0) is 18.2 Å². The molecule has 2 aromatic rings. The van der Waals surface area contributed by atoms with Crippen LogP contribution in [0.2, 0.25) is 0 Å². The normalized spacial score (nSPS) is 10.4. The van der Waals surface area contributed by atoms with Gasteiger partial charge in [0.05, 0.1) is 5.69 Å². The molecule has 1 heterocycles. The number of halogens is 2. The minimum Gasteiger partial charge on any atom is -0.324 e. The zero-order valence-corrected chi connectivity index (χ0v) is 12.8. The van der Waals surface area contributed by atoms with Crippen molar-refractivity contribution < 1.29 is 9.18 Å². The summed E-state index contributed by atoms with van der Waals surface area (Å²) in [5.41, 5.74) is 1.83. The minimum atomic E-state index is -0.459. The number of rotatable bonds is 5. The van der Waals surface area contributed by atoms with Gasteiger partial charge in [0.15, 0.2) is 4.34 Å². The summed E-state index contributed by atoms with van der Waals surface area (Å²) in [6.45, 7) is 0. The summed E-state index contributed by atoms with van der Waals surface area (Å²) in [4.78, 5) is 11.6. The number of amides is 1. The fraction of sp³-hybridized carbons (Fsp3) is 0.182. The first kappa shape index (κ1) is 14.4. The highest BCUT2D eigenvalue weighted by atomic mass is 79.9. The van der Waals surface area contributed by atoms with Gasteiger partial charge in [-0.15, -0.1) is 10.2 Å².